The molecule has 188 valence electrons. The van der Waals surface area contributed by atoms with Gasteiger partial charge >= 0.3 is 12.1 Å². The lowest BCUT2D eigenvalue weighted by molar-refractivity contribution is 0.0600. The lowest BCUT2D eigenvalue weighted by atomic mass is 9.92. The maximum Gasteiger partial charge on any atom is 0.412 e. The first-order valence-electron chi connectivity index (χ1n) is 12.1. The SMILES string of the molecule is COC(=O)c1ccc(Oc2c(-c3cnn(C4CCNCC4)c3)ccc3c2CC[C@H](C)N3C(=O)O)nc1. The van der Waals surface area contributed by atoms with E-state index in [1.54, 1.807) is 12.1 Å². The van der Waals surface area contributed by atoms with E-state index in [0.29, 0.717) is 41.8 Å². The Morgan fingerprint density at radius 3 is 2.61 bits per heavy atom. The Bertz CT molecular complexity index is 1270. The zero-order valence-corrected chi connectivity index (χ0v) is 20.3. The van der Waals surface area contributed by atoms with E-state index in [1.165, 1.54) is 18.2 Å². The number of anilines is 1. The van der Waals surface area contributed by atoms with Gasteiger partial charge in [-0.3, -0.25) is 9.58 Å². The minimum atomic E-state index is -0.999. The summed E-state index contributed by atoms with van der Waals surface area (Å²) in [6.07, 6.45) is 7.60. The third-order valence-corrected chi connectivity index (χ3v) is 6.91. The number of carbonyl (C=O) groups is 2. The van der Waals surface area contributed by atoms with Crippen LogP contribution in [0.5, 0.6) is 11.6 Å². The molecule has 2 aromatic heterocycles. The molecule has 0 bridgehead atoms. The topological polar surface area (TPSA) is 119 Å². The Morgan fingerprint density at radius 1 is 1.11 bits per heavy atom. The van der Waals surface area contributed by atoms with Crippen molar-refractivity contribution in [3.05, 3.63) is 54.0 Å². The number of pyridine rings is 1. The number of carbonyl (C=O) groups excluding carboxylic acids is 1. The van der Waals surface area contributed by atoms with Crippen LogP contribution in [-0.2, 0) is 11.2 Å². The molecule has 0 spiro atoms. The molecule has 2 N–H and O–H groups in total. The number of piperidine rings is 1. The number of fused-ring (bicyclic) bond motifs is 1. The van der Waals surface area contributed by atoms with Crippen LogP contribution in [-0.4, -0.2) is 58.2 Å². The van der Waals surface area contributed by atoms with Gasteiger partial charge in [-0.15, -0.1) is 0 Å². The maximum absolute atomic E-state index is 12.1. The van der Waals surface area contributed by atoms with Crippen molar-refractivity contribution in [2.45, 2.75) is 44.7 Å². The second kappa shape index (κ2) is 9.98. The molecule has 5 rings (SSSR count). The summed E-state index contributed by atoms with van der Waals surface area (Å²) in [6.45, 7) is 3.83. The van der Waals surface area contributed by atoms with Crippen LogP contribution in [0.1, 0.15) is 48.1 Å². The van der Waals surface area contributed by atoms with Gasteiger partial charge in [0, 0.05) is 41.2 Å². The van der Waals surface area contributed by atoms with Crippen molar-refractivity contribution in [3.8, 4) is 22.8 Å². The predicted octanol–water partition coefficient (Wildman–Crippen LogP) is 4.27. The first-order chi connectivity index (χ1) is 17.5. The van der Waals surface area contributed by atoms with Gasteiger partial charge in [0.2, 0.25) is 5.88 Å². The zero-order valence-electron chi connectivity index (χ0n) is 20.3. The molecule has 2 aliphatic rings. The summed E-state index contributed by atoms with van der Waals surface area (Å²) in [5.41, 5.74) is 3.43. The van der Waals surface area contributed by atoms with Crippen LogP contribution in [0.4, 0.5) is 10.5 Å². The fourth-order valence-corrected chi connectivity index (χ4v) is 4.97. The lowest BCUT2D eigenvalue weighted by Gasteiger charge is -2.34. The Labute approximate surface area is 208 Å². The number of methoxy groups -OCH3 is 1. The summed E-state index contributed by atoms with van der Waals surface area (Å²) in [6, 6.07) is 7.11. The van der Waals surface area contributed by atoms with Crippen molar-refractivity contribution in [1.29, 1.82) is 0 Å². The fourth-order valence-electron chi connectivity index (χ4n) is 4.97. The van der Waals surface area contributed by atoms with Gasteiger partial charge in [-0.2, -0.15) is 5.10 Å². The number of benzene rings is 1. The molecule has 4 heterocycles. The quantitative estimate of drug-likeness (QED) is 0.508. The number of nitrogens with zero attached hydrogens (tertiary/aromatic N) is 4. The first-order valence-corrected chi connectivity index (χ1v) is 12.1. The monoisotopic (exact) mass is 491 g/mol. The number of hydrogen-bond acceptors (Lipinski definition) is 7. The number of ether oxygens (including phenoxy) is 2. The van der Waals surface area contributed by atoms with Gasteiger partial charge in [-0.05, 0) is 63.9 Å². The minimum absolute atomic E-state index is 0.145. The van der Waals surface area contributed by atoms with E-state index >= 15 is 0 Å². The predicted molar refractivity (Wildman–Crippen MR) is 133 cm³/mol. The van der Waals surface area contributed by atoms with Gasteiger partial charge < -0.3 is 19.9 Å². The number of carboxylic acid groups (broad SMARTS) is 1. The average Bonchev–Trinajstić information content (AvgIpc) is 3.39. The van der Waals surface area contributed by atoms with Crippen LogP contribution in [0.3, 0.4) is 0 Å². The summed E-state index contributed by atoms with van der Waals surface area (Å²) < 4.78 is 13.1. The van der Waals surface area contributed by atoms with Crippen LogP contribution < -0.4 is 15.0 Å². The molecule has 36 heavy (non-hydrogen) atoms. The van der Waals surface area contributed by atoms with Gasteiger partial charge in [0.25, 0.3) is 0 Å². The zero-order chi connectivity index (χ0) is 25.2. The Kier molecular flexibility index (Phi) is 6.60. The summed E-state index contributed by atoms with van der Waals surface area (Å²) >= 11 is 0. The second-order valence-corrected chi connectivity index (χ2v) is 9.15. The smallest absolute Gasteiger partial charge is 0.412 e. The molecule has 1 atom stereocenters. The van der Waals surface area contributed by atoms with E-state index in [-0.39, 0.29) is 6.04 Å². The van der Waals surface area contributed by atoms with Crippen LogP contribution in [0.2, 0.25) is 0 Å². The molecule has 1 saturated heterocycles. The standard InChI is InChI=1S/C26H29N5O5/c1-16-3-5-21-22(31(16)26(33)34)7-6-20(18-14-29-30(15-18)19-9-11-27-12-10-19)24(21)36-23-8-4-17(13-28-23)25(32)35-2/h4,6-8,13-16,19,27H,3,5,9-12H2,1-2H3,(H,33,34)/t16-/m0/s1. The molecule has 1 amide bonds. The van der Waals surface area contributed by atoms with Crippen LogP contribution in [0.15, 0.2) is 42.9 Å². The van der Waals surface area contributed by atoms with Gasteiger partial charge in [0.05, 0.1) is 30.6 Å². The minimum Gasteiger partial charge on any atom is -0.465 e. The first kappa shape index (κ1) is 23.8. The highest BCUT2D eigenvalue weighted by molar-refractivity contribution is 5.91. The summed E-state index contributed by atoms with van der Waals surface area (Å²) in [7, 11) is 1.31. The van der Waals surface area contributed by atoms with Crippen molar-refractivity contribution in [2.75, 3.05) is 25.1 Å². The van der Waals surface area contributed by atoms with Crippen LogP contribution >= 0.6 is 0 Å². The van der Waals surface area contributed by atoms with Crippen molar-refractivity contribution in [3.63, 3.8) is 0 Å². The van der Waals surface area contributed by atoms with Gasteiger partial charge in [-0.25, -0.2) is 14.6 Å². The summed E-state index contributed by atoms with van der Waals surface area (Å²) in [5.74, 6) is 0.362. The third kappa shape index (κ3) is 4.51. The molecule has 0 aliphatic carbocycles. The number of aromatic nitrogens is 3. The van der Waals surface area contributed by atoms with Crippen molar-refractivity contribution in [2.24, 2.45) is 0 Å². The molecule has 3 aromatic rings. The normalized spacial score (nSPS) is 17.9. The van der Waals surface area contributed by atoms with Crippen LogP contribution in [0, 0.1) is 0 Å². The summed E-state index contributed by atoms with van der Waals surface area (Å²) in [4.78, 5) is 29.6. The number of hydrogen-bond donors (Lipinski definition) is 2. The molecular formula is C26H29N5O5. The number of rotatable bonds is 5. The van der Waals surface area contributed by atoms with Crippen molar-refractivity contribution < 1.29 is 24.2 Å². The highest BCUT2D eigenvalue weighted by Crippen LogP contribution is 2.44. The highest BCUT2D eigenvalue weighted by Gasteiger charge is 2.32. The highest BCUT2D eigenvalue weighted by atomic mass is 16.5. The van der Waals surface area contributed by atoms with E-state index in [9.17, 15) is 14.7 Å². The number of nitrogens with one attached hydrogen (secondary N) is 1. The van der Waals surface area contributed by atoms with E-state index in [0.717, 1.165) is 42.6 Å². The van der Waals surface area contributed by atoms with Crippen LogP contribution in [0.25, 0.3) is 11.1 Å². The average molecular weight is 492 g/mol. The Hall–Kier alpha value is -3.92. The van der Waals surface area contributed by atoms with E-state index < -0.39 is 12.1 Å². The molecule has 1 aromatic carbocycles. The molecule has 0 radical (unpaired) electrons. The van der Waals surface area contributed by atoms with Gasteiger partial charge in [0.1, 0.15) is 5.75 Å². The molecule has 10 nitrogen and oxygen atoms in total. The Balaban J connectivity index is 1.57. The largest absolute Gasteiger partial charge is 0.465 e. The third-order valence-electron chi connectivity index (χ3n) is 6.91. The molecule has 2 aliphatic heterocycles. The Morgan fingerprint density at radius 2 is 1.92 bits per heavy atom. The molecule has 0 saturated carbocycles. The lowest BCUT2D eigenvalue weighted by Crippen LogP contribution is -2.41. The maximum atomic E-state index is 12.1. The molecular weight excluding hydrogens is 462 g/mol. The van der Waals surface area contributed by atoms with Crippen molar-refractivity contribution in [1.82, 2.24) is 20.1 Å². The number of esters is 1. The summed E-state index contributed by atoms with van der Waals surface area (Å²) in [5, 5.41) is 17.9. The molecule has 10 heteroatoms. The van der Waals surface area contributed by atoms with E-state index in [4.69, 9.17) is 9.47 Å². The van der Waals surface area contributed by atoms with E-state index in [2.05, 4.69) is 15.4 Å². The van der Waals surface area contributed by atoms with Crippen molar-refractivity contribution >= 4 is 17.7 Å². The van der Waals surface area contributed by atoms with E-state index in [1.807, 2.05) is 36.1 Å². The second-order valence-electron chi connectivity index (χ2n) is 9.15. The molecule has 0 unspecified atom stereocenters. The molecule has 1 fully saturated rings. The van der Waals surface area contributed by atoms with Gasteiger partial charge in [0.15, 0.2) is 0 Å². The fraction of sp³-hybridized carbons (Fsp3) is 0.385. The van der Waals surface area contributed by atoms with Gasteiger partial charge in [-0.1, -0.05) is 0 Å². The number of amides is 1.